The van der Waals surface area contributed by atoms with Gasteiger partial charge < -0.3 is 20.7 Å². The van der Waals surface area contributed by atoms with Gasteiger partial charge in [0.25, 0.3) is 5.91 Å². The second-order valence-corrected chi connectivity index (χ2v) is 5.57. The third-order valence-corrected chi connectivity index (χ3v) is 4.30. The van der Waals surface area contributed by atoms with Crippen LogP contribution in [0.4, 0.5) is 4.79 Å². The molecule has 1 heterocycles. The van der Waals surface area contributed by atoms with E-state index in [-0.39, 0.29) is 11.8 Å². The lowest BCUT2D eigenvalue weighted by Crippen LogP contribution is -2.70. The number of rotatable bonds is 5. The molecule has 4 N–H and O–H groups in total. The fourth-order valence-corrected chi connectivity index (χ4v) is 2.62. The van der Waals surface area contributed by atoms with Gasteiger partial charge in [-0.2, -0.15) is 0 Å². The number of nitrogens with two attached hydrogens (primary N) is 1. The van der Waals surface area contributed by atoms with Crippen molar-refractivity contribution in [2.24, 2.45) is 11.7 Å². The zero-order valence-corrected chi connectivity index (χ0v) is 13.6. The Labute approximate surface area is 130 Å². The van der Waals surface area contributed by atoms with E-state index in [1.807, 2.05) is 6.92 Å². The first-order chi connectivity index (χ1) is 10.3. The van der Waals surface area contributed by atoms with Crippen LogP contribution in [0.2, 0.25) is 0 Å². The van der Waals surface area contributed by atoms with Gasteiger partial charge >= 0.3 is 6.09 Å². The van der Waals surface area contributed by atoms with Crippen molar-refractivity contribution in [2.75, 3.05) is 20.7 Å². The van der Waals surface area contributed by atoms with Crippen molar-refractivity contribution >= 4 is 17.9 Å². The van der Waals surface area contributed by atoms with E-state index in [9.17, 15) is 14.4 Å². The summed E-state index contributed by atoms with van der Waals surface area (Å²) >= 11 is 0. The summed E-state index contributed by atoms with van der Waals surface area (Å²) in [5, 5.41) is 4.99. The van der Waals surface area contributed by atoms with Gasteiger partial charge in [0.2, 0.25) is 5.91 Å². The fraction of sp³-hybridized carbons (Fsp3) is 0.786. The Hall–Kier alpha value is -1.83. The number of hydrogen-bond donors (Lipinski definition) is 3. The van der Waals surface area contributed by atoms with Gasteiger partial charge in [0.05, 0.1) is 7.11 Å². The van der Waals surface area contributed by atoms with E-state index in [1.54, 1.807) is 6.92 Å². The zero-order chi connectivity index (χ0) is 16.9. The SMILES string of the molecule is CCC(C)[C@](N)(NC(=O)OC)C(=O)N1CCCC1C(=O)NC. The first kappa shape index (κ1) is 18.2. The maximum absolute atomic E-state index is 12.9. The first-order valence-electron chi connectivity index (χ1n) is 7.49. The number of ether oxygens (including phenoxy) is 1. The molecule has 0 saturated carbocycles. The highest BCUT2D eigenvalue weighted by Crippen LogP contribution is 2.25. The summed E-state index contributed by atoms with van der Waals surface area (Å²) in [7, 11) is 2.74. The van der Waals surface area contributed by atoms with E-state index in [0.717, 1.165) is 6.42 Å². The minimum atomic E-state index is -1.60. The molecular weight excluding hydrogens is 288 g/mol. The summed E-state index contributed by atoms with van der Waals surface area (Å²) in [4.78, 5) is 37.8. The number of amides is 3. The summed E-state index contributed by atoms with van der Waals surface area (Å²) in [5.41, 5.74) is 4.62. The molecule has 1 aliphatic rings. The Bertz CT molecular complexity index is 443. The second kappa shape index (κ2) is 7.44. The van der Waals surface area contributed by atoms with Gasteiger partial charge in [-0.05, 0) is 19.3 Å². The quantitative estimate of drug-likeness (QED) is 0.607. The van der Waals surface area contributed by atoms with Gasteiger partial charge in [-0.1, -0.05) is 13.8 Å². The summed E-state index contributed by atoms with van der Waals surface area (Å²) < 4.78 is 4.57. The van der Waals surface area contributed by atoms with Crippen LogP contribution in [-0.4, -0.2) is 55.2 Å². The third-order valence-electron chi connectivity index (χ3n) is 4.30. The van der Waals surface area contributed by atoms with Crippen LogP contribution in [0.15, 0.2) is 0 Å². The number of nitrogens with zero attached hydrogens (tertiary/aromatic N) is 1. The number of likely N-dealkylation sites (N-methyl/N-ethyl adjacent to an activating group) is 1. The molecule has 126 valence electrons. The number of nitrogens with one attached hydrogen (secondary N) is 2. The standard InChI is InChI=1S/C14H26N4O4/c1-5-9(2)14(15,17-13(21)22-4)12(20)18-8-6-7-10(18)11(19)16-3/h9-10H,5-8,15H2,1-4H3,(H,16,19)(H,17,21)/t9?,10?,14-/m0/s1. The predicted octanol–water partition coefficient (Wildman–Crippen LogP) is -0.219. The van der Waals surface area contributed by atoms with E-state index in [2.05, 4.69) is 15.4 Å². The molecule has 3 atom stereocenters. The first-order valence-corrected chi connectivity index (χ1v) is 7.49. The van der Waals surface area contributed by atoms with Crippen molar-refractivity contribution in [3.63, 3.8) is 0 Å². The van der Waals surface area contributed by atoms with Crippen molar-refractivity contribution in [1.82, 2.24) is 15.5 Å². The third kappa shape index (κ3) is 3.49. The molecule has 8 nitrogen and oxygen atoms in total. The van der Waals surface area contributed by atoms with Crippen LogP contribution in [0.1, 0.15) is 33.1 Å². The molecule has 0 aromatic carbocycles. The van der Waals surface area contributed by atoms with Crippen LogP contribution in [0.5, 0.6) is 0 Å². The molecule has 1 aliphatic heterocycles. The monoisotopic (exact) mass is 314 g/mol. The van der Waals surface area contributed by atoms with Crippen LogP contribution in [0.25, 0.3) is 0 Å². The molecule has 3 amide bonds. The molecule has 0 bridgehead atoms. The number of hydrogen-bond acceptors (Lipinski definition) is 5. The van der Waals surface area contributed by atoms with Gasteiger partial charge in [-0.15, -0.1) is 0 Å². The number of carbonyl (C=O) groups excluding carboxylic acids is 3. The average Bonchev–Trinajstić information content (AvgIpc) is 3.01. The van der Waals surface area contributed by atoms with E-state index >= 15 is 0 Å². The Morgan fingerprint density at radius 1 is 1.45 bits per heavy atom. The van der Waals surface area contributed by atoms with Gasteiger partial charge in [0.1, 0.15) is 6.04 Å². The maximum Gasteiger partial charge on any atom is 0.408 e. The Kier molecular flexibility index (Phi) is 6.16. The van der Waals surface area contributed by atoms with Crippen LogP contribution in [0.3, 0.4) is 0 Å². The van der Waals surface area contributed by atoms with Gasteiger partial charge in [-0.25, -0.2) is 4.79 Å². The summed E-state index contributed by atoms with van der Waals surface area (Å²) in [6.07, 6.45) is 1.12. The molecule has 0 aromatic heterocycles. The predicted molar refractivity (Wildman–Crippen MR) is 80.7 cm³/mol. The molecule has 22 heavy (non-hydrogen) atoms. The fourth-order valence-electron chi connectivity index (χ4n) is 2.62. The molecule has 1 rings (SSSR count). The smallest absolute Gasteiger partial charge is 0.408 e. The van der Waals surface area contributed by atoms with Crippen LogP contribution in [0, 0.1) is 5.92 Å². The molecule has 1 fully saturated rings. The van der Waals surface area contributed by atoms with Crippen LogP contribution >= 0.6 is 0 Å². The lowest BCUT2D eigenvalue weighted by Gasteiger charge is -2.38. The summed E-state index contributed by atoms with van der Waals surface area (Å²) in [6, 6.07) is -0.552. The van der Waals surface area contributed by atoms with E-state index < -0.39 is 23.7 Å². The topological polar surface area (TPSA) is 114 Å². The number of carbonyl (C=O) groups is 3. The molecule has 0 radical (unpaired) electrons. The van der Waals surface area contributed by atoms with Crippen molar-refractivity contribution in [1.29, 1.82) is 0 Å². The molecule has 0 aliphatic carbocycles. The highest BCUT2D eigenvalue weighted by molar-refractivity contribution is 5.94. The van der Waals surface area contributed by atoms with Crippen molar-refractivity contribution in [3.8, 4) is 0 Å². The molecule has 8 heteroatoms. The minimum absolute atomic E-state index is 0.226. The molecule has 1 saturated heterocycles. The lowest BCUT2D eigenvalue weighted by atomic mass is 9.90. The van der Waals surface area contributed by atoms with Gasteiger partial charge in [0.15, 0.2) is 5.66 Å². The highest BCUT2D eigenvalue weighted by Gasteiger charge is 2.47. The van der Waals surface area contributed by atoms with Crippen molar-refractivity contribution < 1.29 is 19.1 Å². The van der Waals surface area contributed by atoms with Gasteiger partial charge in [0, 0.05) is 19.5 Å². The largest absolute Gasteiger partial charge is 0.453 e. The lowest BCUT2D eigenvalue weighted by molar-refractivity contribution is -0.145. The molecule has 2 unspecified atom stereocenters. The Morgan fingerprint density at radius 3 is 2.59 bits per heavy atom. The molecule has 0 spiro atoms. The normalized spacial score (nSPS) is 21.7. The second-order valence-electron chi connectivity index (χ2n) is 5.57. The summed E-state index contributed by atoms with van der Waals surface area (Å²) in [5.74, 6) is -1.00. The minimum Gasteiger partial charge on any atom is -0.453 e. The maximum atomic E-state index is 12.9. The Balaban J connectivity index is 3.05. The van der Waals surface area contributed by atoms with E-state index in [1.165, 1.54) is 19.1 Å². The van der Waals surface area contributed by atoms with Crippen LogP contribution < -0.4 is 16.4 Å². The molecular formula is C14H26N4O4. The molecule has 0 aromatic rings. The van der Waals surface area contributed by atoms with Gasteiger partial charge in [-0.3, -0.25) is 14.9 Å². The average molecular weight is 314 g/mol. The van der Waals surface area contributed by atoms with Crippen molar-refractivity contribution in [3.05, 3.63) is 0 Å². The Morgan fingerprint density at radius 2 is 2.09 bits per heavy atom. The number of likely N-dealkylation sites (tertiary alicyclic amines) is 1. The summed E-state index contributed by atoms with van der Waals surface area (Å²) in [6.45, 7) is 4.09. The zero-order valence-electron chi connectivity index (χ0n) is 13.6. The van der Waals surface area contributed by atoms with E-state index in [4.69, 9.17) is 5.73 Å². The number of alkyl carbamates (subject to hydrolysis) is 1. The highest BCUT2D eigenvalue weighted by atomic mass is 16.5. The van der Waals surface area contributed by atoms with E-state index in [0.29, 0.717) is 19.4 Å². The van der Waals surface area contributed by atoms with Crippen LogP contribution in [-0.2, 0) is 14.3 Å². The van der Waals surface area contributed by atoms with Crippen molar-refractivity contribution in [2.45, 2.75) is 44.8 Å². The number of methoxy groups -OCH3 is 1.